The van der Waals surface area contributed by atoms with Gasteiger partial charge in [-0.2, -0.15) is 0 Å². The van der Waals surface area contributed by atoms with E-state index in [1.165, 1.54) is 0 Å². The number of hydrogen-bond acceptors (Lipinski definition) is 5. The first-order chi connectivity index (χ1) is 9.99. The van der Waals surface area contributed by atoms with E-state index in [1.54, 1.807) is 7.11 Å². The van der Waals surface area contributed by atoms with Crippen molar-refractivity contribution in [3.05, 3.63) is 11.4 Å². The fraction of sp³-hybridized carbons (Fsp3) is 0.750. The van der Waals surface area contributed by atoms with Gasteiger partial charge in [0.15, 0.2) is 0 Å². The van der Waals surface area contributed by atoms with Gasteiger partial charge in [-0.1, -0.05) is 20.8 Å². The average molecular weight is 294 g/mol. The number of methoxy groups -OCH3 is 1. The summed E-state index contributed by atoms with van der Waals surface area (Å²) in [6.07, 6.45) is 1.08. The third kappa shape index (κ3) is 5.50. The number of aryl methyl sites for hydroxylation is 1. The summed E-state index contributed by atoms with van der Waals surface area (Å²) < 4.78 is 5.24. The summed E-state index contributed by atoms with van der Waals surface area (Å²) in [6.45, 7) is 14.1. The third-order valence-electron chi connectivity index (χ3n) is 3.22. The monoisotopic (exact) mass is 294 g/mol. The summed E-state index contributed by atoms with van der Waals surface area (Å²) in [4.78, 5) is 11.5. The second kappa shape index (κ2) is 8.82. The van der Waals surface area contributed by atoms with E-state index in [0.29, 0.717) is 12.5 Å². The maximum Gasteiger partial charge on any atom is 0.137 e. The topological polar surface area (TPSA) is 50.3 Å². The highest BCUT2D eigenvalue weighted by molar-refractivity contribution is 5.58. The Morgan fingerprint density at radius 2 is 1.95 bits per heavy atom. The lowest BCUT2D eigenvalue weighted by atomic mass is 10.2. The van der Waals surface area contributed by atoms with Gasteiger partial charge >= 0.3 is 0 Å². The van der Waals surface area contributed by atoms with Crippen LogP contribution in [0.4, 0.5) is 11.6 Å². The fourth-order valence-corrected chi connectivity index (χ4v) is 2.26. The van der Waals surface area contributed by atoms with Gasteiger partial charge in [0.25, 0.3) is 0 Å². The first-order valence-corrected chi connectivity index (χ1v) is 7.82. The average Bonchev–Trinajstić information content (AvgIpc) is 2.43. The quantitative estimate of drug-likeness (QED) is 0.758. The van der Waals surface area contributed by atoms with Crippen molar-refractivity contribution in [2.75, 3.05) is 43.6 Å². The standard InChI is InChI=1S/C16H30N4O/c1-7-8-17-15-13(4)16(19-14(5)18-15)20(9-10-21-6)11-12(2)3/h12H,7-11H2,1-6H3,(H,17,18,19). The van der Waals surface area contributed by atoms with Crippen LogP contribution >= 0.6 is 0 Å². The molecule has 0 bridgehead atoms. The molecule has 1 heterocycles. The lowest BCUT2D eigenvalue weighted by Crippen LogP contribution is -2.32. The van der Waals surface area contributed by atoms with Crippen LogP contribution in [0.15, 0.2) is 0 Å². The lowest BCUT2D eigenvalue weighted by molar-refractivity contribution is 0.204. The number of nitrogens with one attached hydrogen (secondary N) is 1. The predicted octanol–water partition coefficient (Wildman–Crippen LogP) is 3.02. The van der Waals surface area contributed by atoms with Gasteiger partial charge in [-0.3, -0.25) is 0 Å². The van der Waals surface area contributed by atoms with Crippen LogP contribution in [-0.2, 0) is 4.74 Å². The van der Waals surface area contributed by atoms with Crippen molar-refractivity contribution in [3.8, 4) is 0 Å². The molecule has 1 rings (SSSR count). The van der Waals surface area contributed by atoms with Crippen molar-refractivity contribution in [2.24, 2.45) is 5.92 Å². The summed E-state index contributed by atoms with van der Waals surface area (Å²) in [7, 11) is 1.74. The van der Waals surface area contributed by atoms with Crippen LogP contribution in [0.2, 0.25) is 0 Å². The Kier molecular flexibility index (Phi) is 7.43. The fourth-order valence-electron chi connectivity index (χ4n) is 2.26. The summed E-state index contributed by atoms with van der Waals surface area (Å²) in [5, 5.41) is 3.40. The normalized spacial score (nSPS) is 11.0. The van der Waals surface area contributed by atoms with E-state index in [9.17, 15) is 0 Å². The number of nitrogens with zero attached hydrogens (tertiary/aromatic N) is 3. The minimum Gasteiger partial charge on any atom is -0.383 e. The molecular weight excluding hydrogens is 264 g/mol. The van der Waals surface area contributed by atoms with Crippen molar-refractivity contribution in [1.29, 1.82) is 0 Å². The molecule has 0 fully saturated rings. The molecule has 0 aliphatic carbocycles. The first-order valence-electron chi connectivity index (χ1n) is 7.82. The van der Waals surface area contributed by atoms with Gasteiger partial charge in [0.2, 0.25) is 0 Å². The van der Waals surface area contributed by atoms with E-state index in [-0.39, 0.29) is 0 Å². The van der Waals surface area contributed by atoms with E-state index >= 15 is 0 Å². The Bertz CT molecular complexity index is 435. The molecule has 1 aromatic rings. The van der Waals surface area contributed by atoms with Gasteiger partial charge in [0.1, 0.15) is 17.5 Å². The van der Waals surface area contributed by atoms with Gasteiger partial charge in [-0.25, -0.2) is 9.97 Å². The Labute approximate surface area is 129 Å². The molecule has 0 saturated heterocycles. The SMILES string of the molecule is CCCNc1nc(C)nc(N(CCOC)CC(C)C)c1C. The largest absolute Gasteiger partial charge is 0.383 e. The molecule has 1 N–H and O–H groups in total. The van der Waals surface area contributed by atoms with E-state index in [1.807, 2.05) is 6.92 Å². The van der Waals surface area contributed by atoms with Crippen molar-refractivity contribution in [2.45, 2.75) is 41.0 Å². The van der Waals surface area contributed by atoms with Crippen LogP contribution in [0.5, 0.6) is 0 Å². The zero-order valence-electron chi connectivity index (χ0n) is 14.4. The molecule has 0 aliphatic heterocycles. The van der Waals surface area contributed by atoms with Crippen LogP contribution in [0, 0.1) is 19.8 Å². The van der Waals surface area contributed by atoms with Crippen LogP contribution in [-0.4, -0.2) is 43.3 Å². The molecule has 21 heavy (non-hydrogen) atoms. The van der Waals surface area contributed by atoms with Crippen LogP contribution < -0.4 is 10.2 Å². The van der Waals surface area contributed by atoms with E-state index in [0.717, 1.165) is 49.1 Å². The maximum atomic E-state index is 5.24. The summed E-state index contributed by atoms with van der Waals surface area (Å²) >= 11 is 0. The Hall–Kier alpha value is -1.36. The van der Waals surface area contributed by atoms with Crippen molar-refractivity contribution >= 4 is 11.6 Å². The second-order valence-corrected chi connectivity index (χ2v) is 5.83. The van der Waals surface area contributed by atoms with E-state index in [4.69, 9.17) is 4.74 Å². The number of rotatable bonds is 9. The molecule has 5 nitrogen and oxygen atoms in total. The molecule has 120 valence electrons. The summed E-state index contributed by atoms with van der Waals surface area (Å²) in [5.41, 5.74) is 1.12. The molecule has 5 heteroatoms. The number of ether oxygens (including phenoxy) is 1. The van der Waals surface area contributed by atoms with Gasteiger partial charge in [0, 0.05) is 32.3 Å². The number of anilines is 2. The number of hydrogen-bond donors (Lipinski definition) is 1. The smallest absolute Gasteiger partial charge is 0.137 e. The highest BCUT2D eigenvalue weighted by atomic mass is 16.5. The second-order valence-electron chi connectivity index (χ2n) is 5.83. The highest BCUT2D eigenvalue weighted by Crippen LogP contribution is 2.24. The molecule has 0 saturated carbocycles. The van der Waals surface area contributed by atoms with Gasteiger partial charge in [0.05, 0.1) is 6.61 Å². The van der Waals surface area contributed by atoms with Crippen molar-refractivity contribution in [3.63, 3.8) is 0 Å². The Balaban J connectivity index is 3.07. The molecule has 0 spiro atoms. The first kappa shape index (κ1) is 17.7. The minimum absolute atomic E-state index is 0.573. The van der Waals surface area contributed by atoms with Gasteiger partial charge in [-0.05, 0) is 26.2 Å². The zero-order chi connectivity index (χ0) is 15.8. The lowest BCUT2D eigenvalue weighted by Gasteiger charge is -2.27. The molecule has 0 atom stereocenters. The summed E-state index contributed by atoms with van der Waals surface area (Å²) in [5.74, 6) is 3.35. The van der Waals surface area contributed by atoms with Gasteiger partial charge < -0.3 is 15.0 Å². The van der Waals surface area contributed by atoms with Crippen molar-refractivity contribution < 1.29 is 4.74 Å². The molecule has 0 aromatic carbocycles. The summed E-state index contributed by atoms with van der Waals surface area (Å²) in [6, 6.07) is 0. The molecule has 0 amide bonds. The Morgan fingerprint density at radius 3 is 2.52 bits per heavy atom. The Morgan fingerprint density at radius 1 is 1.24 bits per heavy atom. The minimum atomic E-state index is 0.573. The third-order valence-corrected chi connectivity index (χ3v) is 3.22. The molecule has 0 unspecified atom stereocenters. The predicted molar refractivity (Wildman–Crippen MR) is 89.2 cm³/mol. The van der Waals surface area contributed by atoms with Crippen LogP contribution in [0.1, 0.15) is 38.6 Å². The molecule has 0 aliphatic rings. The van der Waals surface area contributed by atoms with Crippen molar-refractivity contribution in [1.82, 2.24) is 9.97 Å². The molecule has 1 aromatic heterocycles. The zero-order valence-corrected chi connectivity index (χ0v) is 14.4. The van der Waals surface area contributed by atoms with E-state index in [2.05, 4.69) is 47.9 Å². The molecular formula is C16H30N4O. The van der Waals surface area contributed by atoms with Crippen LogP contribution in [0.3, 0.4) is 0 Å². The van der Waals surface area contributed by atoms with E-state index < -0.39 is 0 Å². The highest BCUT2D eigenvalue weighted by Gasteiger charge is 2.16. The maximum absolute atomic E-state index is 5.24. The number of aromatic nitrogens is 2. The molecule has 0 radical (unpaired) electrons. The van der Waals surface area contributed by atoms with Crippen LogP contribution in [0.25, 0.3) is 0 Å². The van der Waals surface area contributed by atoms with Gasteiger partial charge in [-0.15, -0.1) is 0 Å².